The molecule has 4 heteroatoms. The van der Waals surface area contributed by atoms with Gasteiger partial charge in [-0.05, 0) is 36.8 Å². The van der Waals surface area contributed by atoms with Crippen molar-refractivity contribution < 1.29 is 0 Å². The van der Waals surface area contributed by atoms with Gasteiger partial charge in [-0.2, -0.15) is 0 Å². The number of halogens is 2. The van der Waals surface area contributed by atoms with Gasteiger partial charge in [0.1, 0.15) is 0 Å². The van der Waals surface area contributed by atoms with E-state index in [-0.39, 0.29) is 0 Å². The lowest BCUT2D eigenvalue weighted by Crippen LogP contribution is -2.08. The number of pyridine rings is 1. The molecular weight excluding hydrogens is 267 g/mol. The Bertz CT molecular complexity index is 580. The molecule has 2 rings (SSSR count). The van der Waals surface area contributed by atoms with Crippen molar-refractivity contribution in [1.29, 1.82) is 0 Å². The summed E-state index contributed by atoms with van der Waals surface area (Å²) < 4.78 is 0. The largest absolute Gasteiger partial charge is 0.378 e. The standard InChI is InChI=1S/C14H14Cl2N2/c1-9-12(15)5-4-11(14(9)16)13-8-10(18(2)3)6-7-17-13/h4-8H,1-3H3. The van der Waals surface area contributed by atoms with Crippen LogP contribution >= 0.6 is 23.2 Å². The van der Waals surface area contributed by atoms with Crippen LogP contribution in [0, 0.1) is 6.92 Å². The second kappa shape index (κ2) is 5.17. The van der Waals surface area contributed by atoms with Crippen LogP contribution in [-0.2, 0) is 0 Å². The fraction of sp³-hybridized carbons (Fsp3) is 0.214. The molecule has 1 heterocycles. The Kier molecular flexibility index (Phi) is 3.79. The highest BCUT2D eigenvalue weighted by atomic mass is 35.5. The van der Waals surface area contributed by atoms with E-state index < -0.39 is 0 Å². The highest BCUT2D eigenvalue weighted by Crippen LogP contribution is 2.34. The molecule has 0 aliphatic carbocycles. The van der Waals surface area contributed by atoms with Crippen molar-refractivity contribution in [3.63, 3.8) is 0 Å². The van der Waals surface area contributed by atoms with Crippen LogP contribution in [0.15, 0.2) is 30.5 Å². The molecule has 0 aliphatic heterocycles. The van der Waals surface area contributed by atoms with E-state index in [2.05, 4.69) is 4.98 Å². The van der Waals surface area contributed by atoms with Crippen LogP contribution in [0.4, 0.5) is 5.69 Å². The van der Waals surface area contributed by atoms with Gasteiger partial charge < -0.3 is 4.90 Å². The zero-order valence-corrected chi connectivity index (χ0v) is 12.0. The van der Waals surface area contributed by atoms with Gasteiger partial charge in [-0.1, -0.05) is 23.2 Å². The summed E-state index contributed by atoms with van der Waals surface area (Å²) in [6.07, 6.45) is 1.78. The van der Waals surface area contributed by atoms with Gasteiger partial charge in [0.05, 0.1) is 10.7 Å². The van der Waals surface area contributed by atoms with Crippen LogP contribution in [0.3, 0.4) is 0 Å². The number of benzene rings is 1. The van der Waals surface area contributed by atoms with Gasteiger partial charge >= 0.3 is 0 Å². The van der Waals surface area contributed by atoms with Crippen LogP contribution in [0.5, 0.6) is 0 Å². The lowest BCUT2D eigenvalue weighted by atomic mass is 10.1. The summed E-state index contributed by atoms with van der Waals surface area (Å²) in [5.41, 5.74) is 3.73. The van der Waals surface area contributed by atoms with Gasteiger partial charge in [-0.15, -0.1) is 0 Å². The molecule has 0 bridgehead atoms. The van der Waals surface area contributed by atoms with Gasteiger partial charge in [-0.25, -0.2) is 0 Å². The predicted molar refractivity (Wildman–Crippen MR) is 78.8 cm³/mol. The van der Waals surface area contributed by atoms with Gasteiger partial charge in [0.2, 0.25) is 0 Å². The monoisotopic (exact) mass is 280 g/mol. The molecule has 0 N–H and O–H groups in total. The molecule has 2 nitrogen and oxygen atoms in total. The summed E-state index contributed by atoms with van der Waals surface area (Å²) in [4.78, 5) is 6.40. The Morgan fingerprint density at radius 3 is 2.50 bits per heavy atom. The normalized spacial score (nSPS) is 10.5. The van der Waals surface area contributed by atoms with Crippen molar-refractivity contribution in [3.8, 4) is 11.3 Å². The van der Waals surface area contributed by atoms with Crippen molar-refractivity contribution in [2.45, 2.75) is 6.92 Å². The molecule has 0 amide bonds. The summed E-state index contributed by atoms with van der Waals surface area (Å²) in [5, 5.41) is 1.33. The van der Waals surface area contributed by atoms with Gasteiger partial charge in [-0.3, -0.25) is 4.98 Å². The Labute approximate surface area is 117 Å². The molecular formula is C14H14Cl2N2. The number of hydrogen-bond donors (Lipinski definition) is 0. The Morgan fingerprint density at radius 2 is 1.83 bits per heavy atom. The molecule has 1 aromatic carbocycles. The van der Waals surface area contributed by atoms with Crippen LogP contribution in [-0.4, -0.2) is 19.1 Å². The summed E-state index contributed by atoms with van der Waals surface area (Å²) in [6, 6.07) is 7.72. The van der Waals surface area contributed by atoms with Crippen LogP contribution in [0.1, 0.15) is 5.56 Å². The summed E-state index contributed by atoms with van der Waals surface area (Å²) in [6.45, 7) is 1.91. The maximum Gasteiger partial charge on any atom is 0.0737 e. The van der Waals surface area contributed by atoms with Gasteiger partial charge in [0.15, 0.2) is 0 Å². The smallest absolute Gasteiger partial charge is 0.0737 e. The number of nitrogens with zero attached hydrogens (tertiary/aromatic N) is 2. The minimum Gasteiger partial charge on any atom is -0.378 e. The molecule has 0 spiro atoms. The van der Waals surface area contributed by atoms with Crippen molar-refractivity contribution in [3.05, 3.63) is 46.1 Å². The summed E-state index contributed by atoms with van der Waals surface area (Å²) >= 11 is 12.4. The van der Waals surface area contributed by atoms with Crippen LogP contribution in [0.25, 0.3) is 11.3 Å². The predicted octanol–water partition coefficient (Wildman–Crippen LogP) is 4.43. The van der Waals surface area contributed by atoms with Gasteiger partial charge in [0.25, 0.3) is 0 Å². The highest BCUT2D eigenvalue weighted by molar-refractivity contribution is 6.37. The van der Waals surface area contributed by atoms with Crippen molar-refractivity contribution in [2.24, 2.45) is 0 Å². The first-order chi connectivity index (χ1) is 8.50. The maximum absolute atomic E-state index is 6.33. The minimum absolute atomic E-state index is 0.658. The van der Waals surface area contributed by atoms with Crippen molar-refractivity contribution >= 4 is 28.9 Å². The number of anilines is 1. The third-order valence-corrected chi connectivity index (χ3v) is 3.75. The fourth-order valence-corrected chi connectivity index (χ4v) is 2.17. The first-order valence-electron chi connectivity index (χ1n) is 5.59. The lowest BCUT2D eigenvalue weighted by Gasteiger charge is -2.14. The van der Waals surface area contributed by atoms with E-state index in [1.54, 1.807) is 6.20 Å². The third-order valence-electron chi connectivity index (χ3n) is 2.86. The van der Waals surface area contributed by atoms with E-state index in [1.165, 1.54) is 0 Å². The van der Waals surface area contributed by atoms with Crippen molar-refractivity contribution in [2.75, 3.05) is 19.0 Å². The van der Waals surface area contributed by atoms with E-state index in [9.17, 15) is 0 Å². The molecule has 94 valence electrons. The summed E-state index contributed by atoms with van der Waals surface area (Å²) in [5.74, 6) is 0. The molecule has 0 saturated carbocycles. The second-order valence-corrected chi connectivity index (χ2v) is 5.11. The Balaban J connectivity index is 2.55. The molecule has 0 fully saturated rings. The number of hydrogen-bond acceptors (Lipinski definition) is 2. The highest BCUT2D eigenvalue weighted by Gasteiger charge is 2.10. The molecule has 0 aliphatic rings. The Hall–Kier alpha value is -1.25. The Morgan fingerprint density at radius 1 is 1.11 bits per heavy atom. The quantitative estimate of drug-likeness (QED) is 0.809. The number of aromatic nitrogens is 1. The minimum atomic E-state index is 0.658. The van der Waals surface area contributed by atoms with E-state index in [4.69, 9.17) is 23.2 Å². The van der Waals surface area contributed by atoms with Crippen molar-refractivity contribution in [1.82, 2.24) is 4.98 Å². The molecule has 0 saturated heterocycles. The maximum atomic E-state index is 6.33. The molecule has 1 aromatic heterocycles. The van der Waals surface area contributed by atoms with Gasteiger partial charge in [0, 0.05) is 36.6 Å². The zero-order valence-electron chi connectivity index (χ0n) is 10.5. The second-order valence-electron chi connectivity index (χ2n) is 4.33. The number of rotatable bonds is 2. The summed E-state index contributed by atoms with van der Waals surface area (Å²) in [7, 11) is 3.99. The zero-order chi connectivity index (χ0) is 13.3. The van der Waals surface area contributed by atoms with E-state index >= 15 is 0 Å². The van der Waals surface area contributed by atoms with Crippen LogP contribution < -0.4 is 4.90 Å². The molecule has 0 unspecified atom stereocenters. The van der Waals surface area contributed by atoms with Crippen LogP contribution in [0.2, 0.25) is 10.0 Å². The fourth-order valence-electron chi connectivity index (χ4n) is 1.70. The van der Waals surface area contributed by atoms with E-state index in [0.29, 0.717) is 10.0 Å². The average Bonchev–Trinajstić information content (AvgIpc) is 2.36. The molecule has 0 atom stereocenters. The molecule has 2 aromatic rings. The molecule has 0 radical (unpaired) electrons. The topological polar surface area (TPSA) is 16.1 Å². The average molecular weight is 281 g/mol. The first kappa shape index (κ1) is 13.2. The van der Waals surface area contributed by atoms with E-state index in [1.807, 2.05) is 50.2 Å². The lowest BCUT2D eigenvalue weighted by molar-refractivity contribution is 1.12. The first-order valence-corrected chi connectivity index (χ1v) is 6.34. The molecule has 18 heavy (non-hydrogen) atoms. The third kappa shape index (κ3) is 2.45. The SMILES string of the molecule is Cc1c(Cl)ccc(-c2cc(N(C)C)ccn2)c1Cl. The van der Waals surface area contributed by atoms with E-state index in [0.717, 1.165) is 22.5 Å².